The zero-order chi connectivity index (χ0) is 9.10. The topological polar surface area (TPSA) is 29.9 Å². The molecule has 1 aromatic heterocycles. The highest BCUT2D eigenvalue weighted by Gasteiger charge is 2.15. The molecule has 0 aliphatic carbocycles. The van der Waals surface area contributed by atoms with Crippen molar-refractivity contribution in [1.29, 1.82) is 0 Å². The first-order valence-electron chi connectivity index (χ1n) is 5.12. The molecular formula is C10H17N3. The third-order valence-corrected chi connectivity index (χ3v) is 2.76. The fraction of sp³-hybridized carbons (Fsp3) is 0.700. The van der Waals surface area contributed by atoms with E-state index in [2.05, 4.69) is 21.8 Å². The van der Waals surface area contributed by atoms with E-state index in [1.54, 1.807) is 0 Å². The Morgan fingerprint density at radius 1 is 1.69 bits per heavy atom. The van der Waals surface area contributed by atoms with E-state index in [9.17, 15) is 0 Å². The molecule has 72 valence electrons. The molecule has 2 rings (SSSR count). The predicted octanol–water partition coefficient (Wildman–Crippen LogP) is 1.20. The van der Waals surface area contributed by atoms with E-state index in [4.69, 9.17) is 0 Å². The molecule has 1 fully saturated rings. The summed E-state index contributed by atoms with van der Waals surface area (Å²) in [5.74, 6) is 0. The molecule has 1 aliphatic heterocycles. The van der Waals surface area contributed by atoms with Gasteiger partial charge < -0.3 is 9.88 Å². The Morgan fingerprint density at radius 2 is 2.62 bits per heavy atom. The molecule has 0 radical (unpaired) electrons. The van der Waals surface area contributed by atoms with Crippen LogP contribution in [0.3, 0.4) is 0 Å². The highest BCUT2D eigenvalue weighted by Crippen LogP contribution is 2.11. The van der Waals surface area contributed by atoms with Crippen molar-refractivity contribution < 1.29 is 0 Å². The van der Waals surface area contributed by atoms with Gasteiger partial charge in [-0.25, -0.2) is 4.98 Å². The lowest BCUT2D eigenvalue weighted by atomic mass is 10.1. The summed E-state index contributed by atoms with van der Waals surface area (Å²) >= 11 is 0. The van der Waals surface area contributed by atoms with Gasteiger partial charge in [0.1, 0.15) is 0 Å². The van der Waals surface area contributed by atoms with Crippen molar-refractivity contribution in [3.63, 3.8) is 0 Å². The maximum atomic E-state index is 4.17. The molecule has 0 bridgehead atoms. The van der Waals surface area contributed by atoms with Crippen LogP contribution in [-0.4, -0.2) is 22.1 Å². The molecule has 0 amide bonds. The van der Waals surface area contributed by atoms with Crippen LogP contribution in [0.2, 0.25) is 0 Å². The van der Waals surface area contributed by atoms with Gasteiger partial charge in [-0.05, 0) is 26.3 Å². The van der Waals surface area contributed by atoms with Crippen molar-refractivity contribution in [2.45, 2.75) is 38.8 Å². The fourth-order valence-electron chi connectivity index (χ4n) is 1.99. The third-order valence-electron chi connectivity index (χ3n) is 2.76. The van der Waals surface area contributed by atoms with E-state index in [0.717, 1.165) is 13.0 Å². The van der Waals surface area contributed by atoms with Crippen molar-refractivity contribution in [2.24, 2.45) is 0 Å². The van der Waals surface area contributed by atoms with Crippen LogP contribution < -0.4 is 5.32 Å². The molecule has 1 aromatic rings. The average molecular weight is 179 g/mol. The first-order chi connectivity index (χ1) is 6.40. The molecular weight excluding hydrogens is 162 g/mol. The second-order valence-electron chi connectivity index (χ2n) is 3.67. The van der Waals surface area contributed by atoms with Gasteiger partial charge in [0, 0.05) is 30.9 Å². The van der Waals surface area contributed by atoms with Gasteiger partial charge in [0.2, 0.25) is 0 Å². The van der Waals surface area contributed by atoms with Gasteiger partial charge >= 0.3 is 0 Å². The first kappa shape index (κ1) is 8.75. The van der Waals surface area contributed by atoms with Crippen molar-refractivity contribution in [1.82, 2.24) is 14.9 Å². The zero-order valence-electron chi connectivity index (χ0n) is 8.16. The molecule has 0 spiro atoms. The summed E-state index contributed by atoms with van der Waals surface area (Å²) in [6, 6.07) is 0.682. The SMILES string of the molecule is CCn1cncc1CC1CCCN1. The third kappa shape index (κ3) is 1.91. The van der Waals surface area contributed by atoms with Crippen molar-refractivity contribution in [3.8, 4) is 0 Å². The van der Waals surface area contributed by atoms with E-state index < -0.39 is 0 Å². The number of hydrogen-bond acceptors (Lipinski definition) is 2. The van der Waals surface area contributed by atoms with E-state index in [-0.39, 0.29) is 0 Å². The molecule has 1 saturated heterocycles. The van der Waals surface area contributed by atoms with Crippen LogP contribution >= 0.6 is 0 Å². The number of aryl methyl sites for hydroxylation is 1. The highest BCUT2D eigenvalue weighted by molar-refractivity contribution is 5.01. The maximum Gasteiger partial charge on any atom is 0.0948 e. The summed E-state index contributed by atoms with van der Waals surface area (Å²) in [5, 5.41) is 3.51. The molecule has 3 nitrogen and oxygen atoms in total. The number of hydrogen-bond donors (Lipinski definition) is 1. The van der Waals surface area contributed by atoms with Gasteiger partial charge in [0.15, 0.2) is 0 Å². The van der Waals surface area contributed by atoms with Crippen LogP contribution in [0.1, 0.15) is 25.5 Å². The summed E-state index contributed by atoms with van der Waals surface area (Å²) in [7, 11) is 0. The normalized spacial score (nSPS) is 22.4. The molecule has 0 saturated carbocycles. The van der Waals surface area contributed by atoms with Crippen LogP contribution in [0.15, 0.2) is 12.5 Å². The lowest BCUT2D eigenvalue weighted by Crippen LogP contribution is -2.24. The van der Waals surface area contributed by atoms with Crippen molar-refractivity contribution in [3.05, 3.63) is 18.2 Å². The van der Waals surface area contributed by atoms with Crippen molar-refractivity contribution >= 4 is 0 Å². The monoisotopic (exact) mass is 179 g/mol. The summed E-state index contributed by atoms with van der Waals surface area (Å²) < 4.78 is 2.22. The minimum absolute atomic E-state index is 0.682. The summed E-state index contributed by atoms with van der Waals surface area (Å²) in [5.41, 5.74) is 1.36. The van der Waals surface area contributed by atoms with Crippen LogP contribution in [0.5, 0.6) is 0 Å². The quantitative estimate of drug-likeness (QED) is 0.755. The molecule has 1 unspecified atom stereocenters. The van der Waals surface area contributed by atoms with Gasteiger partial charge in [-0.3, -0.25) is 0 Å². The second-order valence-corrected chi connectivity index (χ2v) is 3.67. The first-order valence-corrected chi connectivity index (χ1v) is 5.12. The predicted molar refractivity (Wildman–Crippen MR) is 52.6 cm³/mol. The highest BCUT2D eigenvalue weighted by atomic mass is 15.0. The number of aromatic nitrogens is 2. The maximum absolute atomic E-state index is 4.17. The zero-order valence-corrected chi connectivity index (χ0v) is 8.16. The number of nitrogens with one attached hydrogen (secondary N) is 1. The van der Waals surface area contributed by atoms with Crippen LogP contribution in [0.25, 0.3) is 0 Å². The lowest BCUT2D eigenvalue weighted by Gasteiger charge is -2.10. The summed E-state index contributed by atoms with van der Waals surface area (Å²) in [4.78, 5) is 4.17. The molecule has 1 N–H and O–H groups in total. The summed E-state index contributed by atoms with van der Waals surface area (Å²) in [6.45, 7) is 4.38. The number of rotatable bonds is 3. The largest absolute Gasteiger partial charge is 0.335 e. The lowest BCUT2D eigenvalue weighted by molar-refractivity contribution is 0.572. The Labute approximate surface area is 79.2 Å². The van der Waals surface area contributed by atoms with Crippen LogP contribution in [0.4, 0.5) is 0 Å². The van der Waals surface area contributed by atoms with Gasteiger partial charge in [-0.2, -0.15) is 0 Å². The second kappa shape index (κ2) is 3.92. The van der Waals surface area contributed by atoms with E-state index in [1.165, 1.54) is 25.1 Å². The number of imidazole rings is 1. The molecule has 0 aromatic carbocycles. The van der Waals surface area contributed by atoms with E-state index in [1.807, 2.05) is 12.5 Å². The average Bonchev–Trinajstić information content (AvgIpc) is 2.76. The fourth-order valence-corrected chi connectivity index (χ4v) is 1.99. The minimum Gasteiger partial charge on any atom is -0.335 e. The molecule has 1 aliphatic rings. The summed E-state index contributed by atoms with van der Waals surface area (Å²) in [6.07, 6.45) is 7.68. The molecule has 2 heterocycles. The van der Waals surface area contributed by atoms with Gasteiger partial charge in [-0.15, -0.1) is 0 Å². The van der Waals surface area contributed by atoms with E-state index >= 15 is 0 Å². The molecule has 13 heavy (non-hydrogen) atoms. The van der Waals surface area contributed by atoms with Gasteiger partial charge in [-0.1, -0.05) is 0 Å². The standard InChI is InChI=1S/C10H17N3/c1-2-13-8-11-7-10(13)6-9-4-3-5-12-9/h7-9,12H,2-6H2,1H3. The van der Waals surface area contributed by atoms with E-state index in [0.29, 0.717) is 6.04 Å². The smallest absolute Gasteiger partial charge is 0.0948 e. The minimum atomic E-state index is 0.682. The van der Waals surface area contributed by atoms with Crippen LogP contribution in [0, 0.1) is 0 Å². The Morgan fingerprint density at radius 3 is 3.31 bits per heavy atom. The van der Waals surface area contributed by atoms with Gasteiger partial charge in [0.25, 0.3) is 0 Å². The van der Waals surface area contributed by atoms with Crippen LogP contribution in [-0.2, 0) is 13.0 Å². The number of nitrogens with zero attached hydrogens (tertiary/aromatic N) is 2. The Balaban J connectivity index is 1.99. The Hall–Kier alpha value is -0.830. The molecule has 3 heteroatoms. The molecule has 1 atom stereocenters. The Bertz CT molecular complexity index is 261. The van der Waals surface area contributed by atoms with Crippen molar-refractivity contribution in [2.75, 3.05) is 6.54 Å². The van der Waals surface area contributed by atoms with Gasteiger partial charge in [0.05, 0.1) is 6.33 Å². The Kier molecular flexibility index (Phi) is 2.64.